The number of aromatic nitrogens is 2. The van der Waals surface area contributed by atoms with Crippen molar-refractivity contribution >= 4 is 11.6 Å². The van der Waals surface area contributed by atoms with E-state index in [1.807, 2.05) is 27.7 Å². The molecule has 6 heteroatoms. The highest BCUT2D eigenvalue weighted by atomic mass is 16.5. The van der Waals surface area contributed by atoms with Crippen LogP contribution in [-0.4, -0.2) is 47.1 Å². The maximum absolute atomic E-state index is 12.6. The summed E-state index contributed by atoms with van der Waals surface area (Å²) in [5.74, 6) is 0.588. The Balaban J connectivity index is 3.08. The SMILES string of the molecule is CCN(C(=O)c1nc(C(C)C)ncc1N)C(C)COC. The quantitative estimate of drug-likeness (QED) is 0.857. The normalized spacial score (nSPS) is 12.5. The second kappa shape index (κ2) is 7.19. The van der Waals surface area contributed by atoms with Gasteiger partial charge in [0.2, 0.25) is 0 Å². The van der Waals surface area contributed by atoms with Gasteiger partial charge in [0.1, 0.15) is 5.82 Å². The van der Waals surface area contributed by atoms with Crippen LogP contribution in [0.25, 0.3) is 0 Å². The van der Waals surface area contributed by atoms with Gasteiger partial charge in [0, 0.05) is 19.6 Å². The molecule has 1 unspecified atom stereocenters. The third-order valence-electron chi connectivity index (χ3n) is 3.10. The van der Waals surface area contributed by atoms with Crippen LogP contribution in [0.1, 0.15) is 49.9 Å². The van der Waals surface area contributed by atoms with Gasteiger partial charge in [-0.2, -0.15) is 0 Å². The van der Waals surface area contributed by atoms with Crippen LogP contribution >= 0.6 is 0 Å². The zero-order valence-corrected chi connectivity index (χ0v) is 12.9. The summed E-state index contributed by atoms with van der Waals surface area (Å²) in [5.41, 5.74) is 6.43. The standard InChI is InChI=1S/C14H24N4O2/c1-6-18(10(4)8-20-5)14(19)12-11(15)7-16-13(17-12)9(2)3/h7,9-10H,6,8,15H2,1-5H3. The molecule has 1 aromatic rings. The molecule has 1 aromatic heterocycles. The number of carbonyl (C=O) groups excluding carboxylic acids is 1. The number of nitrogen functional groups attached to an aromatic ring is 1. The summed E-state index contributed by atoms with van der Waals surface area (Å²) in [5, 5.41) is 0. The van der Waals surface area contributed by atoms with E-state index in [1.54, 1.807) is 12.0 Å². The van der Waals surface area contributed by atoms with Crippen LogP contribution in [0.3, 0.4) is 0 Å². The molecule has 1 rings (SSSR count). The lowest BCUT2D eigenvalue weighted by Crippen LogP contribution is -2.41. The predicted octanol–water partition coefficient (Wildman–Crippen LogP) is 1.68. The molecule has 112 valence electrons. The number of anilines is 1. The molecular formula is C14H24N4O2. The average molecular weight is 280 g/mol. The van der Waals surface area contributed by atoms with Crippen molar-refractivity contribution in [2.45, 2.75) is 39.7 Å². The van der Waals surface area contributed by atoms with Crippen molar-refractivity contribution in [1.82, 2.24) is 14.9 Å². The van der Waals surface area contributed by atoms with E-state index in [9.17, 15) is 4.79 Å². The molecule has 0 fully saturated rings. The van der Waals surface area contributed by atoms with E-state index in [0.717, 1.165) is 0 Å². The summed E-state index contributed by atoms with van der Waals surface area (Å²) in [4.78, 5) is 22.8. The molecule has 0 saturated heterocycles. The molecular weight excluding hydrogens is 256 g/mol. The number of likely N-dealkylation sites (N-methyl/N-ethyl adjacent to an activating group) is 1. The summed E-state index contributed by atoms with van der Waals surface area (Å²) in [6.07, 6.45) is 1.50. The Bertz CT molecular complexity index is 462. The van der Waals surface area contributed by atoms with Gasteiger partial charge in [0.05, 0.1) is 24.5 Å². The van der Waals surface area contributed by atoms with E-state index in [4.69, 9.17) is 10.5 Å². The first-order valence-corrected chi connectivity index (χ1v) is 6.84. The largest absolute Gasteiger partial charge is 0.396 e. The number of hydrogen-bond acceptors (Lipinski definition) is 5. The topological polar surface area (TPSA) is 81.3 Å². The van der Waals surface area contributed by atoms with Gasteiger partial charge in [-0.25, -0.2) is 9.97 Å². The molecule has 1 amide bonds. The Kier molecular flexibility index (Phi) is 5.88. The zero-order valence-electron chi connectivity index (χ0n) is 12.9. The molecule has 0 saturated carbocycles. The molecule has 1 atom stereocenters. The van der Waals surface area contributed by atoms with Crippen molar-refractivity contribution in [2.75, 3.05) is 26.0 Å². The number of nitrogens with zero attached hydrogens (tertiary/aromatic N) is 3. The van der Waals surface area contributed by atoms with E-state index in [1.165, 1.54) is 6.20 Å². The highest BCUT2D eigenvalue weighted by molar-refractivity contribution is 5.97. The van der Waals surface area contributed by atoms with Crippen molar-refractivity contribution in [3.63, 3.8) is 0 Å². The molecule has 0 spiro atoms. The van der Waals surface area contributed by atoms with Gasteiger partial charge in [-0.3, -0.25) is 4.79 Å². The molecule has 0 bridgehead atoms. The first kappa shape index (κ1) is 16.4. The van der Waals surface area contributed by atoms with E-state index in [-0.39, 0.29) is 23.6 Å². The van der Waals surface area contributed by atoms with Gasteiger partial charge in [-0.1, -0.05) is 13.8 Å². The lowest BCUT2D eigenvalue weighted by molar-refractivity contribution is 0.0574. The fourth-order valence-corrected chi connectivity index (χ4v) is 1.98. The minimum Gasteiger partial charge on any atom is -0.396 e. The molecule has 20 heavy (non-hydrogen) atoms. The Hall–Kier alpha value is -1.69. The Morgan fingerprint density at radius 3 is 2.60 bits per heavy atom. The van der Waals surface area contributed by atoms with Gasteiger partial charge in [0.15, 0.2) is 5.69 Å². The van der Waals surface area contributed by atoms with Gasteiger partial charge >= 0.3 is 0 Å². The fourth-order valence-electron chi connectivity index (χ4n) is 1.98. The number of amides is 1. The summed E-state index contributed by atoms with van der Waals surface area (Å²) in [6.45, 7) is 8.86. The van der Waals surface area contributed by atoms with Crippen LogP contribution in [0.4, 0.5) is 5.69 Å². The minimum atomic E-state index is -0.182. The summed E-state index contributed by atoms with van der Waals surface area (Å²) in [7, 11) is 1.62. The fraction of sp³-hybridized carbons (Fsp3) is 0.643. The highest BCUT2D eigenvalue weighted by Gasteiger charge is 2.24. The molecule has 0 aliphatic carbocycles. The first-order chi connectivity index (χ1) is 9.42. The van der Waals surface area contributed by atoms with Gasteiger partial charge in [-0.05, 0) is 13.8 Å². The van der Waals surface area contributed by atoms with Crippen molar-refractivity contribution in [1.29, 1.82) is 0 Å². The van der Waals surface area contributed by atoms with Crippen molar-refractivity contribution in [3.05, 3.63) is 17.7 Å². The third-order valence-corrected chi connectivity index (χ3v) is 3.10. The zero-order chi connectivity index (χ0) is 15.3. The predicted molar refractivity (Wildman–Crippen MR) is 78.6 cm³/mol. The number of nitrogens with two attached hydrogens (primary N) is 1. The average Bonchev–Trinajstić information content (AvgIpc) is 2.39. The van der Waals surface area contributed by atoms with Crippen LogP contribution in [0, 0.1) is 0 Å². The number of ether oxygens (including phenoxy) is 1. The van der Waals surface area contributed by atoms with Crippen LogP contribution < -0.4 is 5.73 Å². The molecule has 1 heterocycles. The molecule has 6 nitrogen and oxygen atoms in total. The number of methoxy groups -OCH3 is 1. The molecule has 0 aromatic carbocycles. The van der Waals surface area contributed by atoms with Crippen molar-refractivity contribution < 1.29 is 9.53 Å². The summed E-state index contributed by atoms with van der Waals surface area (Å²) >= 11 is 0. The summed E-state index contributed by atoms with van der Waals surface area (Å²) < 4.78 is 5.11. The molecule has 2 N–H and O–H groups in total. The van der Waals surface area contributed by atoms with Crippen molar-refractivity contribution in [2.24, 2.45) is 0 Å². The monoisotopic (exact) mass is 280 g/mol. The third kappa shape index (κ3) is 3.66. The number of hydrogen-bond donors (Lipinski definition) is 1. The first-order valence-electron chi connectivity index (χ1n) is 6.84. The molecule has 0 radical (unpaired) electrons. The highest BCUT2D eigenvalue weighted by Crippen LogP contribution is 2.16. The smallest absolute Gasteiger partial charge is 0.275 e. The Labute approximate surface area is 120 Å². The lowest BCUT2D eigenvalue weighted by atomic mass is 10.2. The Morgan fingerprint density at radius 2 is 2.10 bits per heavy atom. The summed E-state index contributed by atoms with van der Waals surface area (Å²) in [6, 6.07) is -0.0330. The minimum absolute atomic E-state index is 0.0330. The van der Waals surface area contributed by atoms with E-state index in [2.05, 4.69) is 9.97 Å². The van der Waals surface area contributed by atoms with Crippen LogP contribution in [0.15, 0.2) is 6.20 Å². The van der Waals surface area contributed by atoms with E-state index in [0.29, 0.717) is 24.7 Å². The van der Waals surface area contributed by atoms with E-state index < -0.39 is 0 Å². The van der Waals surface area contributed by atoms with Crippen LogP contribution in [-0.2, 0) is 4.74 Å². The van der Waals surface area contributed by atoms with Gasteiger partial charge in [-0.15, -0.1) is 0 Å². The molecule has 0 aliphatic heterocycles. The van der Waals surface area contributed by atoms with Crippen LogP contribution in [0.2, 0.25) is 0 Å². The number of rotatable bonds is 6. The second-order valence-corrected chi connectivity index (χ2v) is 5.08. The lowest BCUT2D eigenvalue weighted by Gasteiger charge is -2.27. The molecule has 0 aliphatic rings. The number of carbonyl (C=O) groups is 1. The van der Waals surface area contributed by atoms with Crippen molar-refractivity contribution in [3.8, 4) is 0 Å². The second-order valence-electron chi connectivity index (χ2n) is 5.08. The maximum Gasteiger partial charge on any atom is 0.275 e. The van der Waals surface area contributed by atoms with Gasteiger partial charge < -0.3 is 15.4 Å². The van der Waals surface area contributed by atoms with E-state index >= 15 is 0 Å². The van der Waals surface area contributed by atoms with Crippen LogP contribution in [0.5, 0.6) is 0 Å². The van der Waals surface area contributed by atoms with Gasteiger partial charge in [0.25, 0.3) is 5.91 Å². The Morgan fingerprint density at radius 1 is 1.45 bits per heavy atom. The maximum atomic E-state index is 12.6.